The first kappa shape index (κ1) is 11.6. The zero-order valence-electron chi connectivity index (χ0n) is 8.80. The van der Waals surface area contributed by atoms with Crippen LogP contribution in [0.2, 0.25) is 0 Å². The Morgan fingerprint density at radius 3 is 2.47 bits per heavy atom. The molecule has 0 N–H and O–H groups in total. The largest absolute Gasteiger partial charge is 0.468 e. The Balaban J connectivity index is 3.25. The fourth-order valence-electron chi connectivity index (χ4n) is 1.34. The number of hydrogen-bond acceptors (Lipinski definition) is 2. The summed E-state index contributed by atoms with van der Waals surface area (Å²) >= 11 is 0. The lowest BCUT2D eigenvalue weighted by molar-refractivity contribution is -0.146. The van der Waals surface area contributed by atoms with Crippen LogP contribution in [0, 0.1) is 11.6 Å². The minimum absolute atomic E-state index is 0.00523. The molecule has 0 aliphatic heterocycles. The number of ether oxygens (including phenoxy) is 1. The molecule has 0 saturated carbocycles. The Hall–Kier alpha value is -1.45. The molecule has 2 nitrogen and oxygen atoms in total. The predicted octanol–water partition coefficient (Wildman–Crippen LogP) is 2.42. The van der Waals surface area contributed by atoms with Crippen LogP contribution in [0.1, 0.15) is 19.4 Å². The van der Waals surface area contributed by atoms with E-state index in [1.807, 2.05) is 0 Å². The van der Waals surface area contributed by atoms with Gasteiger partial charge in [-0.2, -0.15) is 0 Å². The average Bonchev–Trinajstić information content (AvgIpc) is 2.20. The molecule has 4 heteroatoms. The van der Waals surface area contributed by atoms with Gasteiger partial charge in [0.05, 0.1) is 12.5 Å². The normalized spacial score (nSPS) is 11.3. The Bertz CT molecular complexity index is 386. The molecule has 0 heterocycles. The number of hydrogen-bond donors (Lipinski definition) is 0. The highest BCUT2D eigenvalue weighted by Crippen LogP contribution is 2.27. The van der Waals surface area contributed by atoms with Crippen molar-refractivity contribution in [1.29, 1.82) is 0 Å². The molecule has 0 spiro atoms. The molecule has 0 aliphatic carbocycles. The van der Waals surface area contributed by atoms with Crippen LogP contribution in [0.5, 0.6) is 0 Å². The summed E-state index contributed by atoms with van der Waals surface area (Å²) in [7, 11) is 1.21. The van der Waals surface area contributed by atoms with Crippen LogP contribution >= 0.6 is 0 Å². The molecule has 15 heavy (non-hydrogen) atoms. The molecule has 0 unspecified atom stereocenters. The fourth-order valence-corrected chi connectivity index (χ4v) is 1.34. The van der Waals surface area contributed by atoms with E-state index in [1.165, 1.54) is 21.0 Å². The second-order valence-corrected chi connectivity index (χ2v) is 3.74. The van der Waals surface area contributed by atoms with Gasteiger partial charge in [0.25, 0.3) is 0 Å². The summed E-state index contributed by atoms with van der Waals surface area (Å²) in [6, 6.07) is 3.01. The SMILES string of the molecule is COC(=O)C(C)(C)c1cc(F)ccc1F. The fraction of sp³-hybridized carbons (Fsp3) is 0.364. The topological polar surface area (TPSA) is 26.3 Å². The van der Waals surface area contributed by atoms with Crippen molar-refractivity contribution in [2.24, 2.45) is 0 Å². The van der Waals surface area contributed by atoms with Crippen LogP contribution < -0.4 is 0 Å². The van der Waals surface area contributed by atoms with Crippen molar-refractivity contribution in [1.82, 2.24) is 0 Å². The van der Waals surface area contributed by atoms with Crippen molar-refractivity contribution in [2.75, 3.05) is 7.11 Å². The lowest BCUT2D eigenvalue weighted by atomic mass is 9.84. The van der Waals surface area contributed by atoms with Gasteiger partial charge < -0.3 is 4.74 Å². The van der Waals surface area contributed by atoms with E-state index >= 15 is 0 Å². The monoisotopic (exact) mass is 214 g/mol. The molecule has 0 saturated heterocycles. The van der Waals surface area contributed by atoms with Crippen LogP contribution in [-0.4, -0.2) is 13.1 Å². The second-order valence-electron chi connectivity index (χ2n) is 3.74. The maximum atomic E-state index is 13.4. The molecule has 1 rings (SSSR count). The van der Waals surface area contributed by atoms with Gasteiger partial charge in [-0.1, -0.05) is 0 Å². The third kappa shape index (κ3) is 2.14. The van der Waals surface area contributed by atoms with E-state index in [0.29, 0.717) is 0 Å². The van der Waals surface area contributed by atoms with Gasteiger partial charge >= 0.3 is 5.97 Å². The molecular weight excluding hydrogens is 202 g/mol. The molecule has 0 bridgehead atoms. The van der Waals surface area contributed by atoms with E-state index in [2.05, 4.69) is 4.74 Å². The Labute approximate surface area is 86.9 Å². The molecule has 0 atom stereocenters. The standard InChI is InChI=1S/C11H12F2O2/c1-11(2,10(14)15-3)8-6-7(12)4-5-9(8)13/h4-6H,1-3H3. The number of methoxy groups -OCH3 is 1. The highest BCUT2D eigenvalue weighted by molar-refractivity contribution is 5.82. The number of rotatable bonds is 2. The number of carbonyl (C=O) groups excluding carboxylic acids is 1. The van der Waals surface area contributed by atoms with Gasteiger partial charge in [0.1, 0.15) is 11.6 Å². The highest BCUT2D eigenvalue weighted by Gasteiger charge is 2.33. The molecule has 1 aromatic rings. The first-order valence-electron chi connectivity index (χ1n) is 4.43. The third-order valence-electron chi connectivity index (χ3n) is 2.30. The summed E-state index contributed by atoms with van der Waals surface area (Å²) in [5.41, 5.74) is -1.20. The molecule has 0 amide bonds. The third-order valence-corrected chi connectivity index (χ3v) is 2.30. The van der Waals surface area contributed by atoms with E-state index in [4.69, 9.17) is 0 Å². The molecule has 82 valence electrons. The summed E-state index contributed by atoms with van der Waals surface area (Å²) in [4.78, 5) is 11.4. The van der Waals surface area contributed by atoms with E-state index in [-0.39, 0.29) is 5.56 Å². The molecule has 0 aromatic heterocycles. The van der Waals surface area contributed by atoms with Crippen molar-refractivity contribution in [3.8, 4) is 0 Å². The second kappa shape index (κ2) is 3.96. The van der Waals surface area contributed by atoms with E-state index < -0.39 is 23.0 Å². The average molecular weight is 214 g/mol. The molecule has 0 radical (unpaired) electrons. The number of carbonyl (C=O) groups is 1. The van der Waals surface area contributed by atoms with Gasteiger partial charge in [0.15, 0.2) is 0 Å². The molecular formula is C11H12F2O2. The first-order chi connectivity index (χ1) is 6.89. The van der Waals surface area contributed by atoms with Crippen LogP contribution in [0.4, 0.5) is 8.78 Å². The van der Waals surface area contributed by atoms with Crippen LogP contribution in [0.25, 0.3) is 0 Å². The quantitative estimate of drug-likeness (QED) is 0.707. The highest BCUT2D eigenvalue weighted by atomic mass is 19.1. The van der Waals surface area contributed by atoms with Gasteiger partial charge in [-0.3, -0.25) is 4.79 Å². The van der Waals surface area contributed by atoms with Gasteiger partial charge in [-0.15, -0.1) is 0 Å². The molecule has 0 fully saturated rings. The number of benzene rings is 1. The Kier molecular flexibility index (Phi) is 3.07. The molecule has 1 aromatic carbocycles. The lowest BCUT2D eigenvalue weighted by Crippen LogP contribution is -2.31. The summed E-state index contributed by atoms with van der Waals surface area (Å²) in [5.74, 6) is -1.80. The Morgan fingerprint density at radius 2 is 1.93 bits per heavy atom. The minimum Gasteiger partial charge on any atom is -0.468 e. The number of halogens is 2. The van der Waals surface area contributed by atoms with E-state index in [0.717, 1.165) is 18.2 Å². The van der Waals surface area contributed by atoms with Gasteiger partial charge in [0.2, 0.25) is 0 Å². The van der Waals surface area contributed by atoms with Crippen LogP contribution in [-0.2, 0) is 14.9 Å². The van der Waals surface area contributed by atoms with E-state index in [1.54, 1.807) is 0 Å². The van der Waals surface area contributed by atoms with Crippen molar-refractivity contribution < 1.29 is 18.3 Å². The zero-order chi connectivity index (χ0) is 11.6. The summed E-state index contributed by atoms with van der Waals surface area (Å²) < 4.78 is 30.8. The summed E-state index contributed by atoms with van der Waals surface area (Å²) in [6.45, 7) is 2.97. The van der Waals surface area contributed by atoms with Crippen LogP contribution in [0.3, 0.4) is 0 Å². The predicted molar refractivity (Wildman–Crippen MR) is 51.4 cm³/mol. The first-order valence-corrected chi connectivity index (χ1v) is 4.43. The van der Waals surface area contributed by atoms with Gasteiger partial charge in [-0.25, -0.2) is 8.78 Å². The lowest BCUT2D eigenvalue weighted by Gasteiger charge is -2.22. The van der Waals surface area contributed by atoms with Crippen molar-refractivity contribution in [3.63, 3.8) is 0 Å². The van der Waals surface area contributed by atoms with E-state index in [9.17, 15) is 13.6 Å². The maximum Gasteiger partial charge on any atom is 0.315 e. The van der Waals surface area contributed by atoms with Gasteiger partial charge in [-0.05, 0) is 32.0 Å². The van der Waals surface area contributed by atoms with Crippen molar-refractivity contribution in [3.05, 3.63) is 35.4 Å². The van der Waals surface area contributed by atoms with Crippen molar-refractivity contribution >= 4 is 5.97 Å². The minimum atomic E-state index is -1.19. The van der Waals surface area contributed by atoms with Crippen molar-refractivity contribution in [2.45, 2.75) is 19.3 Å². The summed E-state index contributed by atoms with van der Waals surface area (Å²) in [5, 5.41) is 0. The van der Waals surface area contributed by atoms with Crippen LogP contribution in [0.15, 0.2) is 18.2 Å². The zero-order valence-corrected chi connectivity index (χ0v) is 8.80. The number of esters is 1. The maximum absolute atomic E-state index is 13.4. The molecule has 0 aliphatic rings. The summed E-state index contributed by atoms with van der Waals surface area (Å²) in [6.07, 6.45) is 0. The van der Waals surface area contributed by atoms with Gasteiger partial charge in [0, 0.05) is 5.56 Å². The smallest absolute Gasteiger partial charge is 0.315 e. The Morgan fingerprint density at radius 1 is 1.33 bits per heavy atom.